The van der Waals surface area contributed by atoms with Crippen LogP contribution in [0.25, 0.3) is 10.9 Å². The Morgan fingerprint density at radius 2 is 1.79 bits per heavy atom. The number of hydrogen-bond acceptors (Lipinski definition) is 6. The average molecular weight is 453 g/mol. The van der Waals surface area contributed by atoms with Gasteiger partial charge in [0.25, 0.3) is 0 Å². The van der Waals surface area contributed by atoms with Crippen LogP contribution in [0.3, 0.4) is 0 Å². The summed E-state index contributed by atoms with van der Waals surface area (Å²) in [5.74, 6) is -2.12. The molecule has 2 amide bonds. The number of hydrogen-bond donors (Lipinski definition) is 2. The molecular formula is C24H24FN3O5. The summed E-state index contributed by atoms with van der Waals surface area (Å²) in [4.78, 5) is 42.1. The lowest BCUT2D eigenvalue weighted by Crippen LogP contribution is -2.23. The normalized spacial score (nSPS) is 10.7. The topological polar surface area (TPSA) is 109 Å². The van der Waals surface area contributed by atoms with Crippen LogP contribution in [-0.2, 0) is 20.7 Å². The highest BCUT2D eigenvalue weighted by atomic mass is 19.1. The molecule has 1 aromatic heterocycles. The van der Waals surface area contributed by atoms with E-state index in [-0.39, 0.29) is 47.1 Å². The number of methoxy groups -OCH3 is 1. The zero-order valence-corrected chi connectivity index (χ0v) is 18.5. The summed E-state index contributed by atoms with van der Waals surface area (Å²) in [7, 11) is 4.38. The fraction of sp³-hybridized carbons (Fsp3) is 0.250. The van der Waals surface area contributed by atoms with Gasteiger partial charge in [-0.25, -0.2) is 9.18 Å². The van der Waals surface area contributed by atoms with Crippen molar-refractivity contribution in [1.82, 2.24) is 9.88 Å². The number of fused-ring (bicyclic) bond motifs is 1. The van der Waals surface area contributed by atoms with E-state index < -0.39 is 11.9 Å². The summed E-state index contributed by atoms with van der Waals surface area (Å²) in [6.07, 6.45) is 1.93. The summed E-state index contributed by atoms with van der Waals surface area (Å²) >= 11 is 0. The fourth-order valence-electron chi connectivity index (χ4n) is 3.28. The van der Waals surface area contributed by atoms with Crippen molar-refractivity contribution in [3.63, 3.8) is 0 Å². The first kappa shape index (κ1) is 23.6. The van der Waals surface area contributed by atoms with Crippen LogP contribution in [0, 0.1) is 5.82 Å². The number of rotatable bonds is 7. The number of nitrogens with zero attached hydrogens (tertiary/aromatic N) is 2. The Morgan fingerprint density at radius 1 is 1.09 bits per heavy atom. The minimum absolute atomic E-state index is 0.0206. The summed E-state index contributed by atoms with van der Waals surface area (Å²) in [5, 5.41) is 13.7. The second-order valence-electron chi connectivity index (χ2n) is 7.69. The SMILES string of the molecule is COC(=O)c1cc(NC(=O)CCC(=O)N(C)C)c2cc(Cc3ccc(F)cc3)cnc2c1O. The second kappa shape index (κ2) is 10.1. The van der Waals surface area contributed by atoms with Crippen molar-refractivity contribution in [2.24, 2.45) is 0 Å². The molecule has 3 rings (SSSR count). The number of aromatic hydroxyl groups is 1. The number of ether oxygens (including phenoxy) is 1. The average Bonchev–Trinajstić information content (AvgIpc) is 2.80. The van der Waals surface area contributed by atoms with Crippen molar-refractivity contribution in [2.45, 2.75) is 19.3 Å². The Hall–Kier alpha value is -4.01. The lowest BCUT2D eigenvalue weighted by Gasteiger charge is -2.14. The monoisotopic (exact) mass is 453 g/mol. The number of carbonyl (C=O) groups is 3. The molecule has 0 aliphatic carbocycles. The Labute approximate surface area is 190 Å². The maximum absolute atomic E-state index is 13.2. The van der Waals surface area contributed by atoms with Crippen LogP contribution < -0.4 is 5.32 Å². The molecule has 172 valence electrons. The van der Waals surface area contributed by atoms with Crippen molar-refractivity contribution in [1.29, 1.82) is 0 Å². The Bertz CT molecular complexity index is 1210. The number of esters is 1. The number of nitrogens with one attached hydrogen (secondary N) is 1. The van der Waals surface area contributed by atoms with Gasteiger partial charge < -0.3 is 20.1 Å². The molecule has 0 unspecified atom stereocenters. The highest BCUT2D eigenvalue weighted by molar-refractivity contribution is 6.08. The lowest BCUT2D eigenvalue weighted by molar-refractivity contribution is -0.130. The molecule has 0 spiro atoms. The number of phenols is 1. The molecule has 0 radical (unpaired) electrons. The summed E-state index contributed by atoms with van der Waals surface area (Å²) < 4.78 is 17.9. The van der Waals surface area contributed by atoms with Gasteiger partial charge in [-0.15, -0.1) is 0 Å². The maximum atomic E-state index is 13.2. The molecule has 2 N–H and O–H groups in total. The maximum Gasteiger partial charge on any atom is 0.341 e. The van der Waals surface area contributed by atoms with E-state index in [1.807, 2.05) is 0 Å². The van der Waals surface area contributed by atoms with E-state index in [0.717, 1.165) is 11.1 Å². The van der Waals surface area contributed by atoms with Crippen LogP contribution >= 0.6 is 0 Å². The molecule has 0 bridgehead atoms. The third-order valence-electron chi connectivity index (χ3n) is 5.07. The third-order valence-corrected chi connectivity index (χ3v) is 5.07. The molecule has 0 aliphatic heterocycles. The highest BCUT2D eigenvalue weighted by Crippen LogP contribution is 2.35. The number of aromatic nitrogens is 1. The van der Waals surface area contributed by atoms with Gasteiger partial charge in [-0.1, -0.05) is 12.1 Å². The fourth-order valence-corrected chi connectivity index (χ4v) is 3.28. The number of pyridine rings is 1. The minimum Gasteiger partial charge on any atom is -0.505 e. The van der Waals surface area contributed by atoms with Crippen molar-refractivity contribution in [2.75, 3.05) is 26.5 Å². The third kappa shape index (κ3) is 5.62. The quantitative estimate of drug-likeness (QED) is 0.420. The number of anilines is 1. The van der Waals surface area contributed by atoms with Gasteiger partial charge in [0.2, 0.25) is 11.8 Å². The number of amides is 2. The molecule has 0 saturated carbocycles. The molecule has 0 atom stereocenters. The molecule has 9 heteroatoms. The van der Waals surface area contributed by atoms with Gasteiger partial charge in [0.05, 0.1) is 12.8 Å². The molecule has 8 nitrogen and oxygen atoms in total. The summed E-state index contributed by atoms with van der Waals surface area (Å²) in [6, 6.07) is 9.08. The zero-order valence-electron chi connectivity index (χ0n) is 18.5. The van der Waals surface area contributed by atoms with E-state index in [1.165, 1.54) is 36.4 Å². The molecule has 2 aromatic carbocycles. The summed E-state index contributed by atoms with van der Waals surface area (Å²) in [6.45, 7) is 0. The predicted molar refractivity (Wildman–Crippen MR) is 121 cm³/mol. The van der Waals surface area contributed by atoms with Crippen LogP contribution in [0.1, 0.15) is 34.3 Å². The Kier molecular flexibility index (Phi) is 7.22. The molecule has 0 fully saturated rings. The van der Waals surface area contributed by atoms with Gasteiger partial charge >= 0.3 is 5.97 Å². The number of phenolic OH excluding ortho intramolecular Hbond substituents is 1. The van der Waals surface area contributed by atoms with Crippen LogP contribution in [-0.4, -0.2) is 54.0 Å². The van der Waals surface area contributed by atoms with E-state index >= 15 is 0 Å². The Balaban J connectivity index is 1.99. The van der Waals surface area contributed by atoms with Gasteiger partial charge in [0, 0.05) is 38.5 Å². The van der Waals surface area contributed by atoms with Crippen LogP contribution in [0.4, 0.5) is 10.1 Å². The van der Waals surface area contributed by atoms with Gasteiger partial charge in [0.15, 0.2) is 5.75 Å². The molecule has 0 aliphatic rings. The lowest BCUT2D eigenvalue weighted by atomic mass is 10.0. The Morgan fingerprint density at radius 3 is 2.42 bits per heavy atom. The molecule has 3 aromatic rings. The van der Waals surface area contributed by atoms with E-state index in [2.05, 4.69) is 10.3 Å². The largest absolute Gasteiger partial charge is 0.505 e. The minimum atomic E-state index is -0.787. The molecule has 33 heavy (non-hydrogen) atoms. The predicted octanol–water partition coefficient (Wildman–Crippen LogP) is 3.26. The van der Waals surface area contributed by atoms with Gasteiger partial charge in [-0.2, -0.15) is 0 Å². The number of halogens is 1. The van der Waals surface area contributed by atoms with Crippen LogP contribution in [0.5, 0.6) is 5.75 Å². The molecular weight excluding hydrogens is 429 g/mol. The summed E-state index contributed by atoms with van der Waals surface area (Å²) in [5.41, 5.74) is 1.81. The van der Waals surface area contributed by atoms with E-state index in [0.29, 0.717) is 11.8 Å². The van der Waals surface area contributed by atoms with Crippen LogP contribution in [0.2, 0.25) is 0 Å². The van der Waals surface area contributed by atoms with Crippen molar-refractivity contribution in [3.05, 3.63) is 65.1 Å². The van der Waals surface area contributed by atoms with E-state index in [4.69, 9.17) is 4.74 Å². The molecule has 1 heterocycles. The van der Waals surface area contributed by atoms with Gasteiger partial charge in [-0.05, 0) is 41.8 Å². The van der Waals surface area contributed by atoms with Crippen LogP contribution in [0.15, 0.2) is 42.6 Å². The molecule has 0 saturated heterocycles. The standard InChI is InChI=1S/C24H24FN3O5/c1-28(2)21(30)9-8-20(29)27-19-12-18(24(32)33-3)23(31)22-17(19)11-15(13-26-22)10-14-4-6-16(25)7-5-14/h4-7,11-13,31H,8-10H2,1-3H3,(H,27,29). The first-order valence-electron chi connectivity index (χ1n) is 10.2. The number of benzene rings is 2. The first-order valence-corrected chi connectivity index (χ1v) is 10.2. The first-order chi connectivity index (χ1) is 15.7. The van der Waals surface area contributed by atoms with E-state index in [1.54, 1.807) is 32.3 Å². The smallest absolute Gasteiger partial charge is 0.341 e. The second-order valence-corrected chi connectivity index (χ2v) is 7.69. The van der Waals surface area contributed by atoms with Crippen molar-refractivity contribution in [3.8, 4) is 5.75 Å². The van der Waals surface area contributed by atoms with Crippen molar-refractivity contribution >= 4 is 34.4 Å². The van der Waals surface area contributed by atoms with Crippen molar-refractivity contribution < 1.29 is 28.6 Å². The van der Waals surface area contributed by atoms with Gasteiger partial charge in [-0.3, -0.25) is 14.6 Å². The highest BCUT2D eigenvalue weighted by Gasteiger charge is 2.20. The van der Waals surface area contributed by atoms with E-state index in [9.17, 15) is 23.9 Å². The van der Waals surface area contributed by atoms with Gasteiger partial charge in [0.1, 0.15) is 16.9 Å². The zero-order chi connectivity index (χ0) is 24.1. The number of carbonyl (C=O) groups excluding carboxylic acids is 3.